The summed E-state index contributed by atoms with van der Waals surface area (Å²) in [5, 5.41) is 8.64. The molecule has 0 bridgehead atoms. The molecule has 1 rings (SSSR count). The maximum atomic E-state index is 10.5. The average Bonchev–Trinajstić information content (AvgIpc) is 2.33. The fourth-order valence-corrected chi connectivity index (χ4v) is 2.16. The summed E-state index contributed by atoms with van der Waals surface area (Å²) in [7, 11) is 0. The van der Waals surface area contributed by atoms with Crippen molar-refractivity contribution >= 4 is 28.7 Å². The van der Waals surface area contributed by atoms with Crippen molar-refractivity contribution in [2.45, 2.75) is 18.9 Å². The van der Waals surface area contributed by atoms with Gasteiger partial charge in [-0.25, -0.2) is 4.79 Å². The van der Waals surface area contributed by atoms with E-state index >= 15 is 0 Å². The molecule has 1 N–H and O–H groups in total. The Morgan fingerprint density at radius 3 is 2.90 bits per heavy atom. The molecule has 0 radical (unpaired) electrons. The Balaban J connectivity index is 2.50. The first kappa shape index (κ1) is 8.10. The van der Waals surface area contributed by atoms with E-state index in [1.807, 2.05) is 0 Å². The molecule has 0 saturated carbocycles. The Hall–Kier alpha value is 0. The summed E-state index contributed by atoms with van der Waals surface area (Å²) in [6, 6.07) is 0.276. The van der Waals surface area contributed by atoms with Crippen LogP contribution in [0.2, 0.25) is 0 Å². The number of rotatable bonds is 1. The number of carbonyl (C=O) groups is 1. The van der Waals surface area contributed by atoms with Gasteiger partial charge in [-0.15, -0.1) is 0 Å². The van der Waals surface area contributed by atoms with Crippen LogP contribution in [0.1, 0.15) is 12.8 Å². The first-order valence-corrected chi connectivity index (χ1v) is 4.84. The molecule has 0 unspecified atom stereocenters. The Bertz CT molecular complexity index is 140. The molecule has 0 aromatic rings. The summed E-state index contributed by atoms with van der Waals surface area (Å²) in [6.07, 6.45) is 1.30. The zero-order valence-electron chi connectivity index (χ0n) is 5.59. The number of halogens is 1. The summed E-state index contributed by atoms with van der Waals surface area (Å²) >= 11 is 2.23. The SMILES string of the molecule is O=C(O)N1CCC[C@H]1CI. The van der Waals surface area contributed by atoms with Crippen LogP contribution in [0.4, 0.5) is 4.79 Å². The zero-order chi connectivity index (χ0) is 7.56. The van der Waals surface area contributed by atoms with Crippen LogP contribution in [-0.2, 0) is 0 Å². The molecule has 1 saturated heterocycles. The fourth-order valence-electron chi connectivity index (χ4n) is 1.25. The lowest BCUT2D eigenvalue weighted by Gasteiger charge is -2.18. The number of nitrogens with zero attached hydrogens (tertiary/aromatic N) is 1. The summed E-state index contributed by atoms with van der Waals surface area (Å²) in [5.74, 6) is 0. The molecule has 58 valence electrons. The third-order valence-corrected chi connectivity index (χ3v) is 2.82. The maximum absolute atomic E-state index is 10.5. The molecule has 0 spiro atoms. The molecular formula is C6H10INO2. The molecule has 1 aliphatic rings. The minimum atomic E-state index is -0.765. The molecule has 10 heavy (non-hydrogen) atoms. The minimum absolute atomic E-state index is 0.276. The molecule has 1 aliphatic heterocycles. The highest BCUT2D eigenvalue weighted by Gasteiger charge is 2.26. The second-order valence-corrected chi connectivity index (χ2v) is 3.31. The Kier molecular flexibility index (Phi) is 2.76. The highest BCUT2D eigenvalue weighted by atomic mass is 127. The van der Waals surface area contributed by atoms with Gasteiger partial charge in [0.25, 0.3) is 0 Å². The molecule has 0 aromatic heterocycles. The van der Waals surface area contributed by atoms with Crippen LogP contribution in [0.3, 0.4) is 0 Å². The zero-order valence-corrected chi connectivity index (χ0v) is 7.74. The van der Waals surface area contributed by atoms with E-state index in [2.05, 4.69) is 22.6 Å². The van der Waals surface area contributed by atoms with Gasteiger partial charge in [0.1, 0.15) is 0 Å². The predicted octanol–water partition coefficient (Wildman–Crippen LogP) is 1.56. The number of hydrogen-bond donors (Lipinski definition) is 1. The number of likely N-dealkylation sites (tertiary alicyclic amines) is 1. The Labute approximate surface area is 73.5 Å². The lowest BCUT2D eigenvalue weighted by molar-refractivity contribution is 0.144. The summed E-state index contributed by atoms with van der Waals surface area (Å²) in [5.41, 5.74) is 0. The Morgan fingerprint density at radius 2 is 2.50 bits per heavy atom. The van der Waals surface area contributed by atoms with E-state index in [-0.39, 0.29) is 6.04 Å². The lowest BCUT2D eigenvalue weighted by atomic mass is 10.2. The van der Waals surface area contributed by atoms with Crippen molar-refractivity contribution in [3.8, 4) is 0 Å². The van der Waals surface area contributed by atoms with E-state index < -0.39 is 6.09 Å². The molecular weight excluding hydrogens is 245 g/mol. The van der Waals surface area contributed by atoms with E-state index in [0.717, 1.165) is 23.8 Å². The molecule has 1 heterocycles. The predicted molar refractivity (Wildman–Crippen MR) is 46.6 cm³/mol. The molecule has 1 fully saturated rings. The van der Waals surface area contributed by atoms with Gasteiger partial charge in [0.15, 0.2) is 0 Å². The maximum Gasteiger partial charge on any atom is 0.407 e. The highest BCUT2D eigenvalue weighted by molar-refractivity contribution is 14.1. The van der Waals surface area contributed by atoms with Gasteiger partial charge in [0, 0.05) is 17.0 Å². The fraction of sp³-hybridized carbons (Fsp3) is 0.833. The van der Waals surface area contributed by atoms with E-state index in [1.54, 1.807) is 0 Å². The average molecular weight is 255 g/mol. The monoisotopic (exact) mass is 255 g/mol. The third kappa shape index (κ3) is 1.53. The number of carboxylic acid groups (broad SMARTS) is 1. The van der Waals surface area contributed by atoms with Gasteiger partial charge in [0.05, 0.1) is 0 Å². The van der Waals surface area contributed by atoms with E-state index in [9.17, 15) is 4.79 Å². The van der Waals surface area contributed by atoms with Crippen LogP contribution in [-0.4, -0.2) is 33.1 Å². The van der Waals surface area contributed by atoms with Crippen molar-refractivity contribution in [3.63, 3.8) is 0 Å². The summed E-state index contributed by atoms with van der Waals surface area (Å²) < 4.78 is 0.921. The number of amides is 1. The highest BCUT2D eigenvalue weighted by Crippen LogP contribution is 2.18. The smallest absolute Gasteiger partial charge is 0.407 e. The van der Waals surface area contributed by atoms with E-state index in [0.29, 0.717) is 0 Å². The quantitative estimate of drug-likeness (QED) is 0.570. The molecule has 1 atom stereocenters. The third-order valence-electron chi connectivity index (χ3n) is 1.80. The van der Waals surface area contributed by atoms with Crippen LogP contribution in [0.5, 0.6) is 0 Å². The summed E-state index contributed by atoms with van der Waals surface area (Å²) in [4.78, 5) is 12.0. The van der Waals surface area contributed by atoms with Crippen molar-refractivity contribution in [1.82, 2.24) is 4.90 Å². The van der Waals surface area contributed by atoms with E-state index in [1.165, 1.54) is 4.90 Å². The number of alkyl halides is 1. The van der Waals surface area contributed by atoms with Crippen LogP contribution in [0.15, 0.2) is 0 Å². The first-order chi connectivity index (χ1) is 4.75. The molecule has 4 heteroatoms. The van der Waals surface area contributed by atoms with Gasteiger partial charge in [-0.3, -0.25) is 0 Å². The standard InChI is InChI=1S/C6H10INO2/c7-4-5-2-1-3-8(5)6(9)10/h5H,1-4H2,(H,9,10)/t5-/m0/s1. The van der Waals surface area contributed by atoms with Gasteiger partial charge >= 0.3 is 6.09 Å². The van der Waals surface area contributed by atoms with E-state index in [4.69, 9.17) is 5.11 Å². The topological polar surface area (TPSA) is 40.5 Å². The molecule has 0 aromatic carbocycles. The largest absolute Gasteiger partial charge is 0.465 e. The van der Waals surface area contributed by atoms with Crippen LogP contribution < -0.4 is 0 Å². The second-order valence-electron chi connectivity index (χ2n) is 2.43. The van der Waals surface area contributed by atoms with Gasteiger partial charge in [-0.2, -0.15) is 0 Å². The molecule has 0 aliphatic carbocycles. The van der Waals surface area contributed by atoms with Crippen LogP contribution in [0.25, 0.3) is 0 Å². The van der Waals surface area contributed by atoms with Crippen molar-refractivity contribution in [1.29, 1.82) is 0 Å². The van der Waals surface area contributed by atoms with Crippen LogP contribution >= 0.6 is 22.6 Å². The van der Waals surface area contributed by atoms with Gasteiger partial charge in [0.2, 0.25) is 0 Å². The number of hydrogen-bond acceptors (Lipinski definition) is 1. The van der Waals surface area contributed by atoms with Crippen molar-refractivity contribution in [2.24, 2.45) is 0 Å². The van der Waals surface area contributed by atoms with Gasteiger partial charge in [-0.05, 0) is 12.8 Å². The van der Waals surface area contributed by atoms with Crippen molar-refractivity contribution in [3.05, 3.63) is 0 Å². The van der Waals surface area contributed by atoms with Crippen LogP contribution in [0, 0.1) is 0 Å². The lowest BCUT2D eigenvalue weighted by Crippen LogP contribution is -2.34. The van der Waals surface area contributed by atoms with Crippen molar-refractivity contribution < 1.29 is 9.90 Å². The van der Waals surface area contributed by atoms with Gasteiger partial charge < -0.3 is 10.0 Å². The van der Waals surface area contributed by atoms with Crippen molar-refractivity contribution in [2.75, 3.05) is 11.0 Å². The Morgan fingerprint density at radius 1 is 1.80 bits per heavy atom. The molecule has 3 nitrogen and oxygen atoms in total. The normalized spacial score (nSPS) is 25.3. The minimum Gasteiger partial charge on any atom is -0.465 e. The first-order valence-electron chi connectivity index (χ1n) is 3.31. The second kappa shape index (κ2) is 3.41. The summed E-state index contributed by atoms with van der Waals surface area (Å²) in [6.45, 7) is 0.725. The van der Waals surface area contributed by atoms with Gasteiger partial charge in [-0.1, -0.05) is 22.6 Å². The molecule has 1 amide bonds.